The number of halogens is 5. The SMILES string of the molecule is C/C(F)=C(\F)c1ccc(-c2cnc(CCc3cc(F)c(F)c(F)c3)nc2)cc1. The van der Waals surface area contributed by atoms with E-state index in [-0.39, 0.29) is 12.0 Å². The van der Waals surface area contributed by atoms with Crippen LogP contribution in [-0.2, 0) is 12.8 Å². The van der Waals surface area contributed by atoms with Crippen molar-refractivity contribution in [3.63, 3.8) is 0 Å². The minimum Gasteiger partial charge on any atom is -0.241 e. The Kier molecular flexibility index (Phi) is 5.82. The number of aromatic nitrogens is 2. The van der Waals surface area contributed by atoms with Gasteiger partial charge in [-0.3, -0.25) is 0 Å². The molecule has 0 saturated heterocycles. The molecule has 0 atom stereocenters. The zero-order valence-corrected chi connectivity index (χ0v) is 14.8. The maximum Gasteiger partial charge on any atom is 0.194 e. The van der Waals surface area contributed by atoms with E-state index in [0.29, 0.717) is 23.4 Å². The van der Waals surface area contributed by atoms with Crippen LogP contribution in [0.15, 0.2) is 54.6 Å². The smallest absolute Gasteiger partial charge is 0.194 e. The molecule has 0 fully saturated rings. The van der Waals surface area contributed by atoms with Crippen molar-refractivity contribution in [2.24, 2.45) is 0 Å². The molecule has 0 aliphatic heterocycles. The average Bonchev–Trinajstić information content (AvgIpc) is 2.70. The van der Waals surface area contributed by atoms with Gasteiger partial charge in [-0.25, -0.2) is 31.9 Å². The number of benzene rings is 2. The van der Waals surface area contributed by atoms with Gasteiger partial charge in [0.15, 0.2) is 23.3 Å². The van der Waals surface area contributed by atoms with Crippen LogP contribution < -0.4 is 0 Å². The molecule has 0 saturated carbocycles. The van der Waals surface area contributed by atoms with Crippen LogP contribution in [0.25, 0.3) is 17.0 Å². The molecule has 0 unspecified atom stereocenters. The Balaban J connectivity index is 1.69. The lowest BCUT2D eigenvalue weighted by Gasteiger charge is -2.06. The molecule has 3 aromatic rings. The zero-order chi connectivity index (χ0) is 20.3. The Morgan fingerprint density at radius 2 is 1.39 bits per heavy atom. The second-order valence-electron chi connectivity index (χ2n) is 6.19. The maximum absolute atomic E-state index is 13.6. The van der Waals surface area contributed by atoms with Crippen LogP contribution >= 0.6 is 0 Å². The molecular weight excluding hydrogens is 375 g/mol. The van der Waals surface area contributed by atoms with Crippen molar-refractivity contribution in [3.05, 3.63) is 89.0 Å². The van der Waals surface area contributed by atoms with Crippen molar-refractivity contribution in [2.45, 2.75) is 19.8 Å². The predicted molar refractivity (Wildman–Crippen MR) is 96.0 cm³/mol. The van der Waals surface area contributed by atoms with E-state index >= 15 is 0 Å². The largest absolute Gasteiger partial charge is 0.241 e. The van der Waals surface area contributed by atoms with Crippen LogP contribution in [0, 0.1) is 17.5 Å². The molecule has 144 valence electrons. The fourth-order valence-electron chi connectivity index (χ4n) is 2.65. The monoisotopic (exact) mass is 390 g/mol. The Morgan fingerprint density at radius 3 is 1.93 bits per heavy atom. The van der Waals surface area contributed by atoms with Crippen molar-refractivity contribution in [2.75, 3.05) is 0 Å². The molecule has 2 aromatic carbocycles. The number of hydrogen-bond donors (Lipinski definition) is 0. The van der Waals surface area contributed by atoms with Crippen LogP contribution in [0.3, 0.4) is 0 Å². The van der Waals surface area contributed by atoms with Gasteiger partial charge in [-0.15, -0.1) is 0 Å². The van der Waals surface area contributed by atoms with Gasteiger partial charge in [0.2, 0.25) is 0 Å². The molecule has 0 aliphatic carbocycles. The highest BCUT2D eigenvalue weighted by atomic mass is 19.2. The van der Waals surface area contributed by atoms with Crippen LogP contribution in [0.4, 0.5) is 22.0 Å². The average molecular weight is 390 g/mol. The van der Waals surface area contributed by atoms with Crippen LogP contribution in [0.2, 0.25) is 0 Å². The van der Waals surface area contributed by atoms with Gasteiger partial charge in [-0.2, -0.15) is 0 Å². The zero-order valence-electron chi connectivity index (χ0n) is 14.8. The Hall–Kier alpha value is -3.09. The maximum atomic E-state index is 13.6. The summed E-state index contributed by atoms with van der Waals surface area (Å²) in [6.07, 6.45) is 3.69. The standard InChI is InChI=1S/C21H15F5N2/c1-12(22)20(25)15-5-3-14(4-6-15)16-10-27-19(28-11-16)7-2-13-8-17(23)21(26)18(24)9-13/h3-6,8-11H,2,7H2,1H3/b20-12+. The molecule has 0 N–H and O–H groups in total. The second-order valence-corrected chi connectivity index (χ2v) is 6.19. The van der Waals surface area contributed by atoms with Crippen LogP contribution in [0.1, 0.15) is 23.9 Å². The van der Waals surface area contributed by atoms with Gasteiger partial charge in [-0.05, 0) is 36.6 Å². The molecule has 7 heteroatoms. The van der Waals surface area contributed by atoms with Gasteiger partial charge >= 0.3 is 0 Å². The van der Waals surface area contributed by atoms with Gasteiger partial charge in [0, 0.05) is 29.9 Å². The third-order valence-corrected chi connectivity index (χ3v) is 4.16. The first-order chi connectivity index (χ1) is 13.3. The summed E-state index contributed by atoms with van der Waals surface area (Å²) in [4.78, 5) is 8.40. The summed E-state index contributed by atoms with van der Waals surface area (Å²) < 4.78 is 65.9. The quantitative estimate of drug-likeness (QED) is 0.396. The first-order valence-corrected chi connectivity index (χ1v) is 8.42. The van der Waals surface area contributed by atoms with Crippen LogP contribution in [0.5, 0.6) is 0 Å². The molecule has 3 rings (SSSR count). The van der Waals surface area contributed by atoms with E-state index in [2.05, 4.69) is 9.97 Å². The highest BCUT2D eigenvalue weighted by Gasteiger charge is 2.11. The first-order valence-electron chi connectivity index (χ1n) is 8.42. The molecule has 0 spiro atoms. The van der Waals surface area contributed by atoms with Gasteiger partial charge in [-0.1, -0.05) is 24.3 Å². The molecule has 28 heavy (non-hydrogen) atoms. The van der Waals surface area contributed by atoms with Crippen molar-refractivity contribution >= 4 is 5.83 Å². The molecule has 1 aromatic heterocycles. The fourth-order valence-corrected chi connectivity index (χ4v) is 2.65. The molecule has 0 amide bonds. The first kappa shape index (κ1) is 19.7. The topological polar surface area (TPSA) is 25.8 Å². The van der Waals surface area contributed by atoms with Crippen molar-refractivity contribution < 1.29 is 22.0 Å². The van der Waals surface area contributed by atoms with E-state index in [9.17, 15) is 22.0 Å². The molecule has 0 bridgehead atoms. The van der Waals surface area contributed by atoms with Crippen molar-refractivity contribution in [1.29, 1.82) is 0 Å². The highest BCUT2D eigenvalue weighted by Crippen LogP contribution is 2.25. The minimum atomic E-state index is -1.49. The number of allylic oxidation sites excluding steroid dienone is 1. The Labute approximate surface area is 158 Å². The van der Waals surface area contributed by atoms with E-state index in [4.69, 9.17) is 0 Å². The summed E-state index contributed by atoms with van der Waals surface area (Å²) >= 11 is 0. The predicted octanol–water partition coefficient (Wildman–Crippen LogP) is 5.97. The summed E-state index contributed by atoms with van der Waals surface area (Å²) in [7, 11) is 0. The molecule has 1 heterocycles. The number of nitrogens with zero attached hydrogens (tertiary/aromatic N) is 2. The summed E-state index contributed by atoms with van der Waals surface area (Å²) in [5, 5.41) is 0. The second kappa shape index (κ2) is 8.29. The van der Waals surface area contributed by atoms with E-state index in [1.54, 1.807) is 24.5 Å². The summed E-state index contributed by atoms with van der Waals surface area (Å²) in [6.45, 7) is 1.05. The lowest BCUT2D eigenvalue weighted by Crippen LogP contribution is -2.00. The fraction of sp³-hybridized carbons (Fsp3) is 0.143. The van der Waals surface area contributed by atoms with Crippen molar-refractivity contribution in [3.8, 4) is 11.1 Å². The molecule has 0 aliphatic rings. The van der Waals surface area contributed by atoms with E-state index in [1.165, 1.54) is 12.1 Å². The normalized spacial score (nSPS) is 12.1. The van der Waals surface area contributed by atoms with E-state index in [1.807, 2.05) is 0 Å². The number of rotatable bonds is 5. The van der Waals surface area contributed by atoms with Crippen molar-refractivity contribution in [1.82, 2.24) is 9.97 Å². The van der Waals surface area contributed by atoms with Gasteiger partial charge < -0.3 is 0 Å². The summed E-state index contributed by atoms with van der Waals surface area (Å²) in [5.74, 6) is -5.30. The third kappa shape index (κ3) is 4.42. The molecule has 0 radical (unpaired) electrons. The Bertz CT molecular complexity index is 985. The minimum absolute atomic E-state index is 0.139. The van der Waals surface area contributed by atoms with Crippen LogP contribution in [-0.4, -0.2) is 9.97 Å². The third-order valence-electron chi connectivity index (χ3n) is 4.16. The lowest BCUT2D eigenvalue weighted by molar-refractivity contribution is 0.445. The Morgan fingerprint density at radius 1 is 0.821 bits per heavy atom. The van der Waals surface area contributed by atoms with Gasteiger partial charge in [0.05, 0.1) is 0 Å². The van der Waals surface area contributed by atoms with Gasteiger partial charge in [0.1, 0.15) is 11.7 Å². The highest BCUT2D eigenvalue weighted by molar-refractivity contribution is 5.67. The van der Waals surface area contributed by atoms with E-state index < -0.39 is 29.1 Å². The molecule has 2 nitrogen and oxygen atoms in total. The van der Waals surface area contributed by atoms with Gasteiger partial charge in [0.25, 0.3) is 0 Å². The number of aryl methyl sites for hydroxylation is 2. The summed E-state index contributed by atoms with van der Waals surface area (Å²) in [5.41, 5.74) is 1.84. The lowest BCUT2D eigenvalue weighted by atomic mass is 10.1. The summed E-state index contributed by atoms with van der Waals surface area (Å²) in [6, 6.07) is 8.06. The number of hydrogen-bond acceptors (Lipinski definition) is 2. The molecular formula is C21H15F5N2. The van der Waals surface area contributed by atoms with E-state index in [0.717, 1.165) is 24.6 Å².